The number of hydrogen-bond donors (Lipinski definition) is 2. The number of ether oxygens (including phenoxy) is 2. The van der Waals surface area contributed by atoms with Crippen LogP contribution in [0.4, 0.5) is 4.79 Å². The molecule has 0 heterocycles. The first-order valence-electron chi connectivity index (χ1n) is 11.4. The molecule has 1 aromatic rings. The van der Waals surface area contributed by atoms with Gasteiger partial charge in [0.2, 0.25) is 6.10 Å². The Kier molecular flexibility index (Phi) is 17.8. The molecule has 0 bridgehead atoms. The Bertz CT molecular complexity index is 607. The number of carbonyl (C=O) groups excluding carboxylic acids is 3. The quantitative estimate of drug-likeness (QED) is 0.319. The zero-order valence-corrected chi connectivity index (χ0v) is 19.6. The number of esters is 1. The Morgan fingerprint density at radius 3 is 1.77 bits per heavy atom. The van der Waals surface area contributed by atoms with Crippen molar-refractivity contribution in [1.82, 2.24) is 10.6 Å². The van der Waals surface area contributed by atoms with E-state index in [9.17, 15) is 14.4 Å². The Hall–Kier alpha value is -2.57. The highest BCUT2D eigenvalue weighted by Crippen LogP contribution is 2.17. The molecule has 0 aliphatic carbocycles. The summed E-state index contributed by atoms with van der Waals surface area (Å²) in [4.78, 5) is 34.6. The molecule has 0 aromatic heterocycles. The molecule has 0 saturated heterocycles. The number of alkyl carbamates (subject to hydrolysis) is 1. The number of carbonyl (C=O) groups is 3. The van der Waals surface area contributed by atoms with Crippen LogP contribution in [0.25, 0.3) is 0 Å². The molecular formula is C24H40N2O5. The summed E-state index contributed by atoms with van der Waals surface area (Å²) in [6, 6.07) is 9.03. The van der Waals surface area contributed by atoms with Crippen molar-refractivity contribution < 1.29 is 23.9 Å². The molecule has 1 atom stereocenters. The van der Waals surface area contributed by atoms with E-state index in [4.69, 9.17) is 4.74 Å². The predicted octanol–water partition coefficient (Wildman–Crippen LogP) is 4.91. The van der Waals surface area contributed by atoms with Crippen LogP contribution in [0.1, 0.15) is 83.8 Å². The molecule has 7 nitrogen and oxygen atoms in total. The van der Waals surface area contributed by atoms with Crippen LogP contribution in [-0.4, -0.2) is 38.2 Å². The summed E-state index contributed by atoms with van der Waals surface area (Å²) in [6.45, 7) is 6.53. The second kappa shape index (κ2) is 19.4. The molecule has 0 radical (unpaired) electrons. The lowest BCUT2D eigenvalue weighted by Gasteiger charge is -2.17. The number of amides is 2. The van der Waals surface area contributed by atoms with E-state index in [1.807, 2.05) is 32.0 Å². The van der Waals surface area contributed by atoms with Crippen molar-refractivity contribution in [2.24, 2.45) is 0 Å². The predicted molar refractivity (Wildman–Crippen MR) is 123 cm³/mol. The van der Waals surface area contributed by atoms with E-state index >= 15 is 0 Å². The Balaban J connectivity index is 0.00000436. The van der Waals surface area contributed by atoms with Crippen LogP contribution in [0.3, 0.4) is 0 Å². The minimum atomic E-state index is -0.901. The maximum Gasteiger partial charge on any atom is 0.406 e. The molecule has 0 saturated carbocycles. The maximum atomic E-state index is 12.4. The van der Waals surface area contributed by atoms with Crippen molar-refractivity contribution in [2.75, 3.05) is 20.2 Å². The van der Waals surface area contributed by atoms with E-state index in [-0.39, 0.29) is 12.0 Å². The van der Waals surface area contributed by atoms with Gasteiger partial charge >= 0.3 is 12.1 Å². The van der Waals surface area contributed by atoms with Gasteiger partial charge in [-0.2, -0.15) is 0 Å². The average molecular weight is 437 g/mol. The topological polar surface area (TPSA) is 93.7 Å². The minimum absolute atomic E-state index is 0.285. The zero-order valence-electron chi connectivity index (χ0n) is 19.6. The lowest BCUT2D eigenvalue weighted by atomic mass is 10.1. The van der Waals surface area contributed by atoms with Crippen LogP contribution in [0.2, 0.25) is 0 Å². The van der Waals surface area contributed by atoms with E-state index in [1.165, 1.54) is 26.9 Å². The molecule has 176 valence electrons. The summed E-state index contributed by atoms with van der Waals surface area (Å²) >= 11 is 0. The van der Waals surface area contributed by atoms with Crippen LogP contribution in [-0.2, 0) is 19.1 Å². The zero-order chi connectivity index (χ0) is 23.3. The first-order chi connectivity index (χ1) is 15.0. The van der Waals surface area contributed by atoms with Crippen molar-refractivity contribution in [3.8, 4) is 0 Å². The van der Waals surface area contributed by atoms with Gasteiger partial charge < -0.3 is 20.1 Å². The van der Waals surface area contributed by atoms with Crippen molar-refractivity contribution in [3.63, 3.8) is 0 Å². The third kappa shape index (κ3) is 15.0. The molecule has 31 heavy (non-hydrogen) atoms. The molecule has 0 spiro atoms. The first kappa shape index (κ1) is 28.4. The number of nitrogens with one attached hydrogen (secondary N) is 2. The number of unbranched alkanes of at least 4 members (excludes halogenated alkanes) is 7. The van der Waals surface area contributed by atoms with Gasteiger partial charge in [-0.1, -0.05) is 82.7 Å². The first-order valence-corrected chi connectivity index (χ1v) is 11.4. The van der Waals surface area contributed by atoms with E-state index in [2.05, 4.69) is 15.4 Å². The highest BCUT2D eigenvalue weighted by atomic mass is 16.5. The molecule has 2 amide bonds. The molecule has 0 aliphatic rings. The maximum absolute atomic E-state index is 12.4. The molecule has 1 unspecified atom stereocenters. The Labute approximate surface area is 187 Å². The van der Waals surface area contributed by atoms with Gasteiger partial charge in [0.25, 0.3) is 5.91 Å². The second-order valence-corrected chi connectivity index (χ2v) is 6.94. The van der Waals surface area contributed by atoms with Gasteiger partial charge in [0.05, 0.1) is 7.11 Å². The van der Waals surface area contributed by atoms with Gasteiger partial charge in [-0.25, -0.2) is 4.79 Å². The van der Waals surface area contributed by atoms with Crippen LogP contribution < -0.4 is 10.6 Å². The summed E-state index contributed by atoms with van der Waals surface area (Å²) in [5.74, 6) is -0.762. The molecule has 2 N–H and O–H groups in total. The van der Waals surface area contributed by atoms with E-state index in [1.54, 1.807) is 12.1 Å². The third-order valence-electron chi connectivity index (χ3n) is 4.48. The lowest BCUT2D eigenvalue weighted by molar-refractivity contribution is -0.154. The number of rotatable bonds is 14. The van der Waals surface area contributed by atoms with Crippen molar-refractivity contribution in [2.45, 2.75) is 78.2 Å². The molecule has 1 aromatic carbocycles. The summed E-state index contributed by atoms with van der Waals surface area (Å²) in [7, 11) is 1.36. The highest BCUT2D eigenvalue weighted by molar-refractivity contribution is 5.84. The average Bonchev–Trinajstić information content (AvgIpc) is 2.79. The minimum Gasteiger partial charge on any atom is -0.453 e. The van der Waals surface area contributed by atoms with Gasteiger partial charge in [-0.05, 0) is 12.8 Å². The van der Waals surface area contributed by atoms with Crippen LogP contribution in [0.15, 0.2) is 30.3 Å². The van der Waals surface area contributed by atoms with Gasteiger partial charge in [-0.15, -0.1) is 0 Å². The largest absolute Gasteiger partial charge is 0.453 e. The van der Waals surface area contributed by atoms with E-state index in [0.29, 0.717) is 18.7 Å². The summed E-state index contributed by atoms with van der Waals surface area (Å²) in [5.41, 5.74) is 0.669. The highest BCUT2D eigenvalue weighted by Gasteiger charge is 2.22. The Morgan fingerprint density at radius 2 is 1.29 bits per heavy atom. The molecule has 0 aliphatic heterocycles. The lowest BCUT2D eigenvalue weighted by Crippen LogP contribution is -2.32. The van der Waals surface area contributed by atoms with Gasteiger partial charge in [0.1, 0.15) is 0 Å². The number of methoxy groups -OCH3 is 1. The standard InChI is InChI=1S/C22H34N2O5.C2H6/c1-18(25)29-20(19-14-10-9-11-15-19)21(26)23-16-12-7-5-3-4-6-8-13-17-24-22(27)28-2;1-2/h9-11,14-15,20H,3-8,12-13,16-17H2,1-2H3,(H,23,26)(H,24,27);1-2H3. The molecule has 1 rings (SSSR count). The van der Waals surface area contributed by atoms with E-state index in [0.717, 1.165) is 38.5 Å². The molecule has 0 fully saturated rings. The van der Waals surface area contributed by atoms with Gasteiger partial charge in [0, 0.05) is 25.6 Å². The second-order valence-electron chi connectivity index (χ2n) is 6.94. The van der Waals surface area contributed by atoms with Crippen molar-refractivity contribution in [1.29, 1.82) is 0 Å². The van der Waals surface area contributed by atoms with Crippen molar-refractivity contribution >= 4 is 18.0 Å². The number of benzene rings is 1. The SMILES string of the molecule is CC.COC(=O)NCCCCCCCCCCNC(=O)C(OC(C)=O)c1ccccc1. The fourth-order valence-corrected chi connectivity index (χ4v) is 2.94. The van der Waals surface area contributed by atoms with Crippen molar-refractivity contribution in [3.05, 3.63) is 35.9 Å². The normalized spacial score (nSPS) is 10.8. The summed E-state index contributed by atoms with van der Waals surface area (Å²) in [5, 5.41) is 5.54. The third-order valence-corrected chi connectivity index (χ3v) is 4.48. The monoisotopic (exact) mass is 436 g/mol. The van der Waals surface area contributed by atoms with Gasteiger partial charge in [-0.3, -0.25) is 9.59 Å². The van der Waals surface area contributed by atoms with Gasteiger partial charge in [0.15, 0.2) is 0 Å². The van der Waals surface area contributed by atoms with E-state index < -0.39 is 12.1 Å². The molecular weight excluding hydrogens is 396 g/mol. The number of hydrogen-bond acceptors (Lipinski definition) is 5. The van der Waals surface area contributed by atoms with Crippen LogP contribution in [0.5, 0.6) is 0 Å². The van der Waals surface area contributed by atoms with Crippen LogP contribution in [0, 0.1) is 0 Å². The smallest absolute Gasteiger partial charge is 0.406 e. The fraction of sp³-hybridized carbons (Fsp3) is 0.625. The summed E-state index contributed by atoms with van der Waals surface area (Å²) in [6.07, 6.45) is 7.35. The molecule has 7 heteroatoms. The Morgan fingerprint density at radius 1 is 0.806 bits per heavy atom. The summed E-state index contributed by atoms with van der Waals surface area (Å²) < 4.78 is 9.70. The van der Waals surface area contributed by atoms with Crippen LogP contribution >= 0.6 is 0 Å². The fourth-order valence-electron chi connectivity index (χ4n) is 2.94.